The molecule has 1 aromatic heterocycles. The van der Waals surface area contributed by atoms with Crippen LogP contribution in [0.25, 0.3) is 0 Å². The maximum atomic E-state index is 13.9. The number of aromatic nitrogens is 2. The highest BCUT2D eigenvalue weighted by Crippen LogP contribution is 2.34. The van der Waals surface area contributed by atoms with Gasteiger partial charge in [-0.15, -0.1) is 0 Å². The van der Waals surface area contributed by atoms with Crippen LogP contribution >= 0.6 is 11.6 Å². The lowest BCUT2D eigenvalue weighted by Crippen LogP contribution is -2.28. The average Bonchev–Trinajstić information content (AvgIpc) is 2.82. The van der Waals surface area contributed by atoms with E-state index in [0.29, 0.717) is 18.0 Å². The Hall–Kier alpha value is -2.95. The Morgan fingerprint density at radius 2 is 1.86 bits per heavy atom. The topological polar surface area (TPSA) is 119 Å². The second-order valence-electron chi connectivity index (χ2n) is 8.88. The van der Waals surface area contributed by atoms with Crippen LogP contribution in [-0.2, 0) is 15.3 Å². The van der Waals surface area contributed by atoms with Crippen LogP contribution in [0.1, 0.15) is 33.3 Å². The first kappa shape index (κ1) is 26.7. The smallest absolute Gasteiger partial charge is 0.229 e. The van der Waals surface area contributed by atoms with E-state index < -0.39 is 20.9 Å². The molecule has 4 N–H and O–H groups in total. The van der Waals surface area contributed by atoms with Crippen LogP contribution in [0.15, 0.2) is 47.5 Å². The number of ether oxygens (including phenoxy) is 1. The summed E-state index contributed by atoms with van der Waals surface area (Å²) in [4.78, 5) is 8.45. The van der Waals surface area contributed by atoms with Crippen LogP contribution in [0.2, 0.25) is 5.02 Å². The van der Waals surface area contributed by atoms with E-state index in [9.17, 15) is 12.8 Å². The van der Waals surface area contributed by atoms with E-state index in [4.69, 9.17) is 22.1 Å². The van der Waals surface area contributed by atoms with Crippen molar-refractivity contribution in [1.29, 1.82) is 0 Å². The molecule has 0 aliphatic rings. The fraction of sp³-hybridized carbons (Fsp3) is 0.333. The number of rotatable bonds is 9. The molecule has 2 aromatic carbocycles. The Bertz CT molecular complexity index is 1330. The summed E-state index contributed by atoms with van der Waals surface area (Å²) in [5.41, 5.74) is 7.42. The molecule has 35 heavy (non-hydrogen) atoms. The summed E-state index contributed by atoms with van der Waals surface area (Å²) in [5, 5.41) is 5.43. The molecule has 8 nitrogen and oxygen atoms in total. The first-order valence-electron chi connectivity index (χ1n) is 10.9. The summed E-state index contributed by atoms with van der Waals surface area (Å²) in [6, 6.07) is 9.14. The Morgan fingerprint density at radius 1 is 1.14 bits per heavy atom. The van der Waals surface area contributed by atoms with Crippen molar-refractivity contribution in [3.05, 3.63) is 59.0 Å². The van der Waals surface area contributed by atoms with Gasteiger partial charge in [-0.1, -0.05) is 31.5 Å². The fourth-order valence-corrected chi connectivity index (χ4v) is 4.54. The van der Waals surface area contributed by atoms with E-state index in [0.717, 1.165) is 17.7 Å². The first-order chi connectivity index (χ1) is 16.4. The van der Waals surface area contributed by atoms with E-state index in [2.05, 4.69) is 20.6 Å². The number of benzene rings is 2. The molecule has 3 rings (SSSR count). The number of nitrogens with two attached hydrogens (primary N) is 1. The third-order valence-corrected chi connectivity index (χ3v) is 8.07. The van der Waals surface area contributed by atoms with Crippen LogP contribution in [0.4, 0.5) is 27.5 Å². The predicted molar refractivity (Wildman–Crippen MR) is 137 cm³/mol. The number of methoxy groups -OCH3 is 1. The molecule has 0 saturated heterocycles. The van der Waals surface area contributed by atoms with Gasteiger partial charge in [0.05, 0.1) is 34.8 Å². The summed E-state index contributed by atoms with van der Waals surface area (Å²) in [6.07, 6.45) is 1.37. The van der Waals surface area contributed by atoms with Crippen LogP contribution in [0.5, 0.6) is 5.75 Å². The molecule has 0 aliphatic heterocycles. The van der Waals surface area contributed by atoms with E-state index in [1.165, 1.54) is 26.1 Å². The highest BCUT2D eigenvalue weighted by molar-refractivity contribution is 7.92. The summed E-state index contributed by atoms with van der Waals surface area (Å²) in [7, 11) is -2.23. The molecule has 0 amide bonds. The van der Waals surface area contributed by atoms with Gasteiger partial charge in [-0.25, -0.2) is 17.8 Å². The van der Waals surface area contributed by atoms with Crippen molar-refractivity contribution in [2.45, 2.75) is 43.3 Å². The number of hydrogen-bond acceptors (Lipinski definition) is 8. The Balaban J connectivity index is 2.00. The molecule has 1 heterocycles. The van der Waals surface area contributed by atoms with Gasteiger partial charge in [0, 0.05) is 12.0 Å². The maximum absolute atomic E-state index is 13.9. The molecular weight excluding hydrogens is 493 g/mol. The zero-order valence-electron chi connectivity index (χ0n) is 20.2. The first-order valence-corrected chi connectivity index (χ1v) is 12.8. The van der Waals surface area contributed by atoms with E-state index >= 15 is 0 Å². The molecule has 0 fully saturated rings. The monoisotopic (exact) mass is 521 g/mol. The molecule has 0 spiro atoms. The predicted octanol–water partition coefficient (Wildman–Crippen LogP) is 5.18. The molecule has 0 radical (unpaired) electrons. The van der Waals surface area contributed by atoms with Crippen LogP contribution in [-0.4, -0.2) is 37.3 Å². The number of anilines is 4. The van der Waals surface area contributed by atoms with E-state index in [1.807, 2.05) is 32.0 Å². The van der Waals surface area contributed by atoms with Crippen molar-refractivity contribution < 1.29 is 17.5 Å². The standard InChI is InChI=1S/C24H29ClFN5O3S/c1-14(2)35(32,33)21-11-16(26)7-8-18(21)29-22-17(25)12-28-23(31-22)30-19-10-15(24(3,4)13-27)6-9-20(19)34-5/h6-12,14H,13,27H2,1-5H3,(H2,28,29,30,31). The minimum Gasteiger partial charge on any atom is -0.495 e. The van der Waals surface area contributed by atoms with Gasteiger partial charge >= 0.3 is 0 Å². The summed E-state index contributed by atoms with van der Waals surface area (Å²) >= 11 is 6.29. The Morgan fingerprint density at radius 3 is 2.49 bits per heavy atom. The van der Waals surface area contributed by atoms with Crippen LogP contribution < -0.4 is 21.1 Å². The number of halogens is 2. The van der Waals surface area contributed by atoms with Gasteiger partial charge in [0.1, 0.15) is 16.6 Å². The van der Waals surface area contributed by atoms with Gasteiger partial charge < -0.3 is 21.1 Å². The van der Waals surface area contributed by atoms with Crippen molar-refractivity contribution in [2.75, 3.05) is 24.3 Å². The van der Waals surface area contributed by atoms with Crippen molar-refractivity contribution in [3.63, 3.8) is 0 Å². The summed E-state index contributed by atoms with van der Waals surface area (Å²) < 4.78 is 44.9. The SMILES string of the molecule is COc1ccc(C(C)(C)CN)cc1Nc1ncc(Cl)c(Nc2ccc(F)cc2S(=O)(=O)C(C)C)n1. The summed E-state index contributed by atoms with van der Waals surface area (Å²) in [5.74, 6) is 0.235. The number of hydrogen-bond donors (Lipinski definition) is 3. The zero-order chi connectivity index (χ0) is 26.0. The van der Waals surface area contributed by atoms with E-state index in [-0.39, 0.29) is 32.8 Å². The van der Waals surface area contributed by atoms with Gasteiger partial charge in [0.25, 0.3) is 0 Å². The molecule has 0 unspecified atom stereocenters. The minimum atomic E-state index is -3.78. The number of nitrogens with zero attached hydrogens (tertiary/aromatic N) is 2. The average molecular weight is 522 g/mol. The normalized spacial score (nSPS) is 12.0. The minimum absolute atomic E-state index is 0.147. The third-order valence-electron chi connectivity index (χ3n) is 5.61. The zero-order valence-corrected chi connectivity index (χ0v) is 21.8. The van der Waals surface area contributed by atoms with Gasteiger partial charge in [0.15, 0.2) is 15.7 Å². The lowest BCUT2D eigenvalue weighted by Gasteiger charge is -2.24. The fourth-order valence-electron chi connectivity index (χ4n) is 3.20. The number of nitrogens with one attached hydrogen (secondary N) is 2. The summed E-state index contributed by atoms with van der Waals surface area (Å²) in [6.45, 7) is 7.56. The molecule has 0 bridgehead atoms. The quantitative estimate of drug-likeness (QED) is 0.352. The van der Waals surface area contributed by atoms with Crippen molar-refractivity contribution in [1.82, 2.24) is 9.97 Å². The molecular formula is C24H29ClFN5O3S. The molecule has 0 atom stereocenters. The molecule has 0 aliphatic carbocycles. The van der Waals surface area contributed by atoms with Crippen LogP contribution in [0, 0.1) is 5.82 Å². The lowest BCUT2D eigenvalue weighted by atomic mass is 9.84. The highest BCUT2D eigenvalue weighted by Gasteiger charge is 2.25. The second kappa shape index (κ2) is 10.3. The second-order valence-corrected chi connectivity index (χ2v) is 11.8. The van der Waals surface area contributed by atoms with Crippen molar-refractivity contribution >= 4 is 44.6 Å². The lowest BCUT2D eigenvalue weighted by molar-refractivity contribution is 0.416. The van der Waals surface area contributed by atoms with Gasteiger partial charge in [0.2, 0.25) is 5.95 Å². The van der Waals surface area contributed by atoms with Gasteiger partial charge in [-0.2, -0.15) is 4.98 Å². The van der Waals surface area contributed by atoms with Crippen molar-refractivity contribution in [2.24, 2.45) is 5.73 Å². The third kappa shape index (κ3) is 5.83. The molecule has 0 saturated carbocycles. The molecule has 3 aromatic rings. The van der Waals surface area contributed by atoms with Crippen LogP contribution in [0.3, 0.4) is 0 Å². The molecule has 188 valence electrons. The molecule has 11 heteroatoms. The van der Waals surface area contributed by atoms with Gasteiger partial charge in [-0.3, -0.25) is 0 Å². The van der Waals surface area contributed by atoms with Crippen molar-refractivity contribution in [3.8, 4) is 5.75 Å². The maximum Gasteiger partial charge on any atom is 0.229 e. The largest absolute Gasteiger partial charge is 0.495 e. The highest BCUT2D eigenvalue weighted by atomic mass is 35.5. The Kier molecular flexibility index (Phi) is 7.88. The number of sulfone groups is 1. The van der Waals surface area contributed by atoms with E-state index in [1.54, 1.807) is 7.11 Å². The Labute approximate surface area is 210 Å². The van der Waals surface area contributed by atoms with Gasteiger partial charge in [-0.05, 0) is 49.7 Å².